The predicted molar refractivity (Wildman–Crippen MR) is 91.1 cm³/mol. The van der Waals surface area contributed by atoms with Gasteiger partial charge in [0, 0.05) is 20.6 Å². The molecule has 0 bridgehead atoms. The Hall–Kier alpha value is -1.58. The van der Waals surface area contributed by atoms with Crippen LogP contribution in [0.4, 0.5) is 11.4 Å². The minimum Gasteiger partial charge on any atom is -0.495 e. The van der Waals surface area contributed by atoms with Gasteiger partial charge in [0.15, 0.2) is 0 Å². The van der Waals surface area contributed by atoms with Gasteiger partial charge in [0.05, 0.1) is 28.5 Å². The van der Waals surface area contributed by atoms with Gasteiger partial charge in [-0.2, -0.15) is 0 Å². The van der Waals surface area contributed by atoms with Gasteiger partial charge in [-0.15, -0.1) is 0 Å². The standard InChI is InChI=1S/C16H18Cl2N2O/c1-20(2)16-12(17)5-4-6-14(16)19-10-11-7-8-15(21-3)13(18)9-11/h4-9,19H,10H2,1-3H3. The first-order valence-corrected chi connectivity index (χ1v) is 7.30. The summed E-state index contributed by atoms with van der Waals surface area (Å²) in [7, 11) is 5.54. The van der Waals surface area contributed by atoms with Crippen LogP contribution < -0.4 is 15.0 Å². The molecule has 2 rings (SSSR count). The molecule has 0 aliphatic heterocycles. The normalized spacial score (nSPS) is 10.3. The number of benzene rings is 2. The molecule has 21 heavy (non-hydrogen) atoms. The van der Waals surface area contributed by atoms with Gasteiger partial charge >= 0.3 is 0 Å². The van der Waals surface area contributed by atoms with E-state index in [1.165, 1.54) is 0 Å². The van der Waals surface area contributed by atoms with Gasteiger partial charge in [-0.25, -0.2) is 0 Å². The van der Waals surface area contributed by atoms with Crippen LogP contribution in [0.2, 0.25) is 10.0 Å². The van der Waals surface area contributed by atoms with Crippen molar-refractivity contribution in [3.05, 3.63) is 52.0 Å². The smallest absolute Gasteiger partial charge is 0.137 e. The lowest BCUT2D eigenvalue weighted by Gasteiger charge is -2.20. The van der Waals surface area contributed by atoms with E-state index in [2.05, 4.69) is 5.32 Å². The number of hydrogen-bond donors (Lipinski definition) is 1. The lowest BCUT2D eigenvalue weighted by molar-refractivity contribution is 0.415. The van der Waals surface area contributed by atoms with Crippen molar-refractivity contribution in [3.63, 3.8) is 0 Å². The van der Waals surface area contributed by atoms with Gasteiger partial charge in [0.25, 0.3) is 0 Å². The van der Waals surface area contributed by atoms with Crippen LogP contribution in [-0.4, -0.2) is 21.2 Å². The Balaban J connectivity index is 2.17. The second-order valence-electron chi connectivity index (χ2n) is 4.85. The number of anilines is 2. The highest BCUT2D eigenvalue weighted by molar-refractivity contribution is 6.34. The zero-order valence-electron chi connectivity index (χ0n) is 12.3. The maximum absolute atomic E-state index is 6.25. The van der Waals surface area contributed by atoms with E-state index in [1.54, 1.807) is 7.11 Å². The summed E-state index contributed by atoms with van der Waals surface area (Å²) in [6.07, 6.45) is 0. The van der Waals surface area contributed by atoms with Crippen molar-refractivity contribution >= 4 is 34.6 Å². The van der Waals surface area contributed by atoms with E-state index in [9.17, 15) is 0 Å². The van der Waals surface area contributed by atoms with Crippen LogP contribution in [0.1, 0.15) is 5.56 Å². The van der Waals surface area contributed by atoms with Crippen molar-refractivity contribution in [2.45, 2.75) is 6.54 Å². The van der Waals surface area contributed by atoms with Gasteiger partial charge in [-0.3, -0.25) is 0 Å². The Morgan fingerprint density at radius 1 is 1.10 bits per heavy atom. The molecule has 0 saturated carbocycles. The quantitative estimate of drug-likeness (QED) is 0.864. The number of para-hydroxylation sites is 1. The molecule has 0 unspecified atom stereocenters. The lowest BCUT2D eigenvalue weighted by Crippen LogP contribution is -2.12. The molecule has 5 heteroatoms. The zero-order chi connectivity index (χ0) is 15.4. The summed E-state index contributed by atoms with van der Waals surface area (Å²) in [6, 6.07) is 11.6. The Labute approximate surface area is 135 Å². The molecule has 3 nitrogen and oxygen atoms in total. The van der Waals surface area contributed by atoms with E-state index < -0.39 is 0 Å². The minimum absolute atomic E-state index is 0.607. The fourth-order valence-electron chi connectivity index (χ4n) is 2.13. The molecule has 1 N–H and O–H groups in total. The number of ether oxygens (including phenoxy) is 1. The fourth-order valence-corrected chi connectivity index (χ4v) is 2.75. The highest BCUT2D eigenvalue weighted by Gasteiger charge is 2.09. The predicted octanol–water partition coefficient (Wildman–Crippen LogP) is 4.68. The minimum atomic E-state index is 0.607. The molecule has 0 amide bonds. The first-order valence-electron chi connectivity index (χ1n) is 6.55. The number of halogens is 2. The van der Waals surface area contributed by atoms with Crippen LogP contribution in [0.15, 0.2) is 36.4 Å². The number of rotatable bonds is 5. The van der Waals surface area contributed by atoms with E-state index in [0.717, 1.165) is 22.0 Å². The monoisotopic (exact) mass is 324 g/mol. The molecule has 0 saturated heterocycles. The van der Waals surface area contributed by atoms with Gasteiger partial charge in [0.1, 0.15) is 5.75 Å². The highest BCUT2D eigenvalue weighted by atomic mass is 35.5. The summed E-state index contributed by atoms with van der Waals surface area (Å²) < 4.78 is 5.15. The number of hydrogen-bond acceptors (Lipinski definition) is 3. The maximum atomic E-state index is 6.25. The van der Waals surface area contributed by atoms with Crippen molar-refractivity contribution in [2.75, 3.05) is 31.4 Å². The molecule has 0 fully saturated rings. The molecule has 0 spiro atoms. The third kappa shape index (κ3) is 3.74. The van der Waals surface area contributed by atoms with Crippen molar-refractivity contribution in [1.82, 2.24) is 0 Å². The molecule has 2 aromatic carbocycles. The van der Waals surface area contributed by atoms with E-state index in [1.807, 2.05) is 55.4 Å². The van der Waals surface area contributed by atoms with Crippen molar-refractivity contribution in [3.8, 4) is 5.75 Å². The Morgan fingerprint density at radius 2 is 1.86 bits per heavy atom. The van der Waals surface area contributed by atoms with Gasteiger partial charge in [0.2, 0.25) is 0 Å². The summed E-state index contributed by atoms with van der Waals surface area (Å²) >= 11 is 12.4. The van der Waals surface area contributed by atoms with Crippen LogP contribution >= 0.6 is 23.2 Å². The average molecular weight is 325 g/mol. The molecule has 0 aliphatic rings. The third-order valence-corrected chi connectivity index (χ3v) is 3.73. The number of methoxy groups -OCH3 is 1. The second kappa shape index (κ2) is 6.92. The van der Waals surface area contributed by atoms with E-state index in [-0.39, 0.29) is 0 Å². The van der Waals surface area contributed by atoms with Gasteiger partial charge in [-0.05, 0) is 29.8 Å². The molecule has 0 aliphatic carbocycles. The van der Waals surface area contributed by atoms with Crippen LogP contribution in [-0.2, 0) is 6.54 Å². The van der Waals surface area contributed by atoms with Crippen LogP contribution in [0.5, 0.6) is 5.75 Å². The molecule has 0 heterocycles. The second-order valence-corrected chi connectivity index (χ2v) is 5.67. The molecule has 0 radical (unpaired) electrons. The number of nitrogens with one attached hydrogen (secondary N) is 1. The maximum Gasteiger partial charge on any atom is 0.137 e. The van der Waals surface area contributed by atoms with Gasteiger partial charge < -0.3 is 15.0 Å². The van der Waals surface area contributed by atoms with Crippen molar-refractivity contribution < 1.29 is 4.74 Å². The molecule has 0 aromatic heterocycles. The van der Waals surface area contributed by atoms with E-state index in [0.29, 0.717) is 17.3 Å². The number of nitrogens with zero attached hydrogens (tertiary/aromatic N) is 1. The largest absolute Gasteiger partial charge is 0.495 e. The zero-order valence-corrected chi connectivity index (χ0v) is 13.8. The Kier molecular flexibility index (Phi) is 5.21. The first kappa shape index (κ1) is 15.8. The van der Waals surface area contributed by atoms with E-state index >= 15 is 0 Å². The summed E-state index contributed by atoms with van der Waals surface area (Å²) in [5.74, 6) is 0.678. The lowest BCUT2D eigenvalue weighted by atomic mass is 10.2. The first-order chi connectivity index (χ1) is 10.0. The van der Waals surface area contributed by atoms with Crippen LogP contribution in [0.25, 0.3) is 0 Å². The summed E-state index contributed by atoms with van der Waals surface area (Å²) in [4.78, 5) is 1.99. The summed E-state index contributed by atoms with van der Waals surface area (Å²) in [6.45, 7) is 0.658. The molecule has 2 aromatic rings. The Bertz CT molecular complexity index is 630. The average Bonchev–Trinajstić information content (AvgIpc) is 2.44. The molecular weight excluding hydrogens is 307 g/mol. The van der Waals surface area contributed by atoms with Crippen LogP contribution in [0, 0.1) is 0 Å². The molecular formula is C16H18Cl2N2O. The SMILES string of the molecule is COc1ccc(CNc2cccc(Cl)c2N(C)C)cc1Cl. The third-order valence-electron chi connectivity index (χ3n) is 3.13. The fraction of sp³-hybridized carbons (Fsp3) is 0.250. The van der Waals surface area contributed by atoms with Gasteiger partial charge in [-0.1, -0.05) is 35.3 Å². The van der Waals surface area contributed by atoms with Crippen molar-refractivity contribution in [1.29, 1.82) is 0 Å². The molecule has 0 atom stereocenters. The van der Waals surface area contributed by atoms with Crippen molar-refractivity contribution in [2.24, 2.45) is 0 Å². The Morgan fingerprint density at radius 3 is 2.48 bits per heavy atom. The summed E-state index contributed by atoms with van der Waals surface area (Å²) in [5.41, 5.74) is 3.03. The topological polar surface area (TPSA) is 24.5 Å². The van der Waals surface area contributed by atoms with E-state index in [4.69, 9.17) is 27.9 Å². The molecule has 112 valence electrons. The highest BCUT2D eigenvalue weighted by Crippen LogP contribution is 2.33. The van der Waals surface area contributed by atoms with Crippen LogP contribution in [0.3, 0.4) is 0 Å². The summed E-state index contributed by atoms with van der Waals surface area (Å²) in [5, 5.41) is 4.72.